The van der Waals surface area contributed by atoms with Gasteiger partial charge in [0.25, 0.3) is 10.0 Å². The van der Waals surface area contributed by atoms with E-state index >= 15 is 0 Å². The van der Waals surface area contributed by atoms with E-state index in [1.165, 1.54) is 6.07 Å². The van der Waals surface area contributed by atoms with Crippen LogP contribution in [0.25, 0.3) is 11.3 Å². The Bertz CT molecular complexity index is 949. The minimum absolute atomic E-state index is 0.169. The molecule has 1 saturated heterocycles. The minimum Gasteiger partial charge on any atom is -0.480 e. The van der Waals surface area contributed by atoms with Crippen LogP contribution in [0.5, 0.6) is 0 Å². The summed E-state index contributed by atoms with van der Waals surface area (Å²) in [4.78, 5) is 15.5. The van der Waals surface area contributed by atoms with Gasteiger partial charge in [-0.3, -0.25) is 4.79 Å². The van der Waals surface area contributed by atoms with Crippen LogP contribution >= 0.6 is 0 Å². The molecule has 25 heavy (non-hydrogen) atoms. The highest BCUT2D eigenvalue weighted by atomic mass is 32.2. The summed E-state index contributed by atoms with van der Waals surface area (Å²) in [6.07, 6.45) is 0.801. The average Bonchev–Trinajstić information content (AvgIpc) is 3.13. The number of carboxylic acid groups (broad SMARTS) is 1. The second kappa shape index (κ2) is 6.63. The maximum Gasteiger partial charge on any atom is 0.322 e. The van der Waals surface area contributed by atoms with E-state index in [0.29, 0.717) is 29.7 Å². The molecule has 1 N–H and O–H groups in total. The zero-order valence-corrected chi connectivity index (χ0v) is 14.0. The summed E-state index contributed by atoms with van der Waals surface area (Å²) in [5.41, 5.74) is 1.61. The lowest BCUT2D eigenvalue weighted by molar-refractivity contribution is -0.140. The fraction of sp³-hybridized carbons (Fsp3) is 0.235. The van der Waals surface area contributed by atoms with Gasteiger partial charge in [-0.15, -0.1) is 0 Å². The van der Waals surface area contributed by atoms with Crippen molar-refractivity contribution in [2.24, 2.45) is 0 Å². The Morgan fingerprint density at radius 3 is 2.60 bits per heavy atom. The van der Waals surface area contributed by atoms with Gasteiger partial charge in [0.05, 0.1) is 17.3 Å². The number of nitriles is 1. The van der Waals surface area contributed by atoms with Crippen molar-refractivity contribution in [2.45, 2.75) is 23.9 Å². The number of hydrogen-bond acceptors (Lipinski definition) is 5. The Hall–Kier alpha value is -2.76. The highest BCUT2D eigenvalue weighted by molar-refractivity contribution is 7.89. The van der Waals surface area contributed by atoms with Gasteiger partial charge in [0.1, 0.15) is 6.04 Å². The molecule has 0 aliphatic carbocycles. The van der Waals surface area contributed by atoms with Gasteiger partial charge in [0, 0.05) is 12.1 Å². The Kier molecular flexibility index (Phi) is 4.53. The van der Waals surface area contributed by atoms with Crippen LogP contribution in [0, 0.1) is 11.3 Å². The summed E-state index contributed by atoms with van der Waals surface area (Å²) in [5, 5.41) is 17.9. The fourth-order valence-electron chi connectivity index (χ4n) is 2.83. The molecule has 0 radical (unpaired) electrons. The SMILES string of the molecule is N#Cc1ccc(-c2cccc(S(=O)(=O)N3CCCC3C(=O)O)n2)cc1. The lowest BCUT2D eigenvalue weighted by Gasteiger charge is -2.20. The van der Waals surface area contributed by atoms with Crippen molar-refractivity contribution < 1.29 is 18.3 Å². The normalized spacial score (nSPS) is 18.0. The average molecular weight is 357 g/mol. The fourth-order valence-corrected chi connectivity index (χ4v) is 4.43. The van der Waals surface area contributed by atoms with Crippen LogP contribution in [0.3, 0.4) is 0 Å². The van der Waals surface area contributed by atoms with Crippen LogP contribution in [0.15, 0.2) is 47.5 Å². The summed E-state index contributed by atoms with van der Waals surface area (Å²) in [6, 6.07) is 12.2. The Balaban J connectivity index is 1.98. The zero-order chi connectivity index (χ0) is 18.0. The third-order valence-electron chi connectivity index (χ3n) is 4.10. The number of rotatable bonds is 4. The molecule has 2 aromatic rings. The Labute approximate surface area is 145 Å². The molecule has 1 aromatic heterocycles. The maximum atomic E-state index is 12.8. The first kappa shape index (κ1) is 17.1. The van der Waals surface area contributed by atoms with Gasteiger partial charge in [-0.25, -0.2) is 13.4 Å². The molecular formula is C17H15N3O4S. The monoisotopic (exact) mass is 357 g/mol. The smallest absolute Gasteiger partial charge is 0.322 e. The molecule has 0 spiro atoms. The summed E-state index contributed by atoms with van der Waals surface area (Å²) in [5.74, 6) is -1.15. The van der Waals surface area contributed by atoms with Gasteiger partial charge in [-0.05, 0) is 37.1 Å². The number of pyridine rings is 1. The van der Waals surface area contributed by atoms with Crippen molar-refractivity contribution in [1.29, 1.82) is 5.26 Å². The van der Waals surface area contributed by atoms with Gasteiger partial charge in [-0.2, -0.15) is 9.57 Å². The third-order valence-corrected chi connectivity index (χ3v) is 5.91. The highest BCUT2D eigenvalue weighted by Crippen LogP contribution is 2.27. The number of nitrogens with zero attached hydrogens (tertiary/aromatic N) is 3. The van der Waals surface area contributed by atoms with E-state index in [9.17, 15) is 18.3 Å². The number of aromatic nitrogens is 1. The van der Waals surface area contributed by atoms with Gasteiger partial charge >= 0.3 is 5.97 Å². The number of aliphatic carboxylic acids is 1. The van der Waals surface area contributed by atoms with Gasteiger partial charge in [-0.1, -0.05) is 18.2 Å². The van der Waals surface area contributed by atoms with Crippen molar-refractivity contribution >= 4 is 16.0 Å². The highest BCUT2D eigenvalue weighted by Gasteiger charge is 2.40. The van der Waals surface area contributed by atoms with Gasteiger partial charge < -0.3 is 5.11 Å². The lowest BCUT2D eigenvalue weighted by Crippen LogP contribution is -2.40. The summed E-state index contributed by atoms with van der Waals surface area (Å²) in [7, 11) is -3.99. The number of sulfonamides is 1. The molecule has 3 rings (SSSR count). The molecule has 1 fully saturated rings. The van der Waals surface area contributed by atoms with E-state index in [1.807, 2.05) is 6.07 Å². The molecular weight excluding hydrogens is 342 g/mol. The van der Waals surface area contributed by atoms with E-state index in [2.05, 4.69) is 4.98 Å². The largest absolute Gasteiger partial charge is 0.480 e. The van der Waals surface area contributed by atoms with E-state index in [4.69, 9.17) is 5.26 Å². The molecule has 8 heteroatoms. The summed E-state index contributed by atoms with van der Waals surface area (Å²) >= 11 is 0. The molecule has 1 aliphatic rings. The molecule has 1 unspecified atom stereocenters. The number of carbonyl (C=O) groups is 1. The predicted molar refractivity (Wildman–Crippen MR) is 88.9 cm³/mol. The Morgan fingerprint density at radius 1 is 1.24 bits per heavy atom. The van der Waals surface area contributed by atoms with Crippen LogP contribution in [0.1, 0.15) is 18.4 Å². The zero-order valence-electron chi connectivity index (χ0n) is 13.2. The minimum atomic E-state index is -3.99. The molecule has 7 nitrogen and oxygen atoms in total. The first-order valence-corrected chi connectivity index (χ1v) is 9.10. The molecule has 0 saturated carbocycles. The molecule has 1 aliphatic heterocycles. The van der Waals surface area contributed by atoms with E-state index < -0.39 is 22.0 Å². The first-order valence-electron chi connectivity index (χ1n) is 7.66. The molecule has 0 bridgehead atoms. The van der Waals surface area contributed by atoms with Crippen molar-refractivity contribution in [2.75, 3.05) is 6.54 Å². The maximum absolute atomic E-state index is 12.8. The summed E-state index contributed by atoms with van der Waals surface area (Å²) in [6.45, 7) is 0.169. The van der Waals surface area contributed by atoms with E-state index in [0.717, 1.165) is 4.31 Å². The molecule has 2 heterocycles. The van der Waals surface area contributed by atoms with Crippen LogP contribution < -0.4 is 0 Å². The van der Waals surface area contributed by atoms with E-state index in [1.54, 1.807) is 36.4 Å². The molecule has 128 valence electrons. The van der Waals surface area contributed by atoms with Gasteiger partial charge in [0.15, 0.2) is 5.03 Å². The van der Waals surface area contributed by atoms with Crippen molar-refractivity contribution in [1.82, 2.24) is 9.29 Å². The molecule has 1 aromatic carbocycles. The lowest BCUT2D eigenvalue weighted by atomic mass is 10.1. The number of hydrogen-bond donors (Lipinski definition) is 1. The van der Waals surface area contributed by atoms with Crippen LogP contribution in [0.4, 0.5) is 0 Å². The predicted octanol–water partition coefficient (Wildman–Crippen LogP) is 1.86. The quantitative estimate of drug-likeness (QED) is 0.894. The topological polar surface area (TPSA) is 111 Å². The van der Waals surface area contributed by atoms with E-state index in [-0.39, 0.29) is 11.6 Å². The molecule has 0 amide bonds. The standard InChI is InChI=1S/C17H15N3O4S/c18-11-12-6-8-13(9-7-12)14-3-1-5-16(19-14)25(23,24)20-10-2-4-15(20)17(21)22/h1,3,5-9,15H,2,4,10H2,(H,21,22). The van der Waals surface area contributed by atoms with Crippen LogP contribution in [-0.2, 0) is 14.8 Å². The van der Waals surface area contributed by atoms with Crippen LogP contribution in [-0.4, -0.2) is 41.4 Å². The number of benzene rings is 1. The number of carboxylic acids is 1. The van der Waals surface area contributed by atoms with Crippen LogP contribution in [0.2, 0.25) is 0 Å². The van der Waals surface area contributed by atoms with Crippen molar-refractivity contribution in [3.63, 3.8) is 0 Å². The second-order valence-electron chi connectivity index (χ2n) is 5.66. The van der Waals surface area contributed by atoms with Crippen molar-refractivity contribution in [3.8, 4) is 17.3 Å². The van der Waals surface area contributed by atoms with Crippen molar-refractivity contribution in [3.05, 3.63) is 48.0 Å². The first-order chi connectivity index (χ1) is 11.9. The van der Waals surface area contributed by atoms with Gasteiger partial charge in [0.2, 0.25) is 0 Å². The second-order valence-corrected chi connectivity index (χ2v) is 7.50. The molecule has 1 atom stereocenters. The Morgan fingerprint density at radius 2 is 1.96 bits per heavy atom. The third kappa shape index (κ3) is 3.24. The summed E-state index contributed by atoms with van der Waals surface area (Å²) < 4.78 is 26.6.